The molecule has 1 N–H and O–H groups in total. The molecular weight excluding hydrogens is 258 g/mol. The Bertz CT molecular complexity index is 394. The molecule has 0 bridgehead atoms. The van der Waals surface area contributed by atoms with Crippen LogP contribution in [0.15, 0.2) is 11.5 Å². The zero-order chi connectivity index (χ0) is 14.4. The smallest absolute Gasteiger partial charge is 0.408 e. The monoisotopic (exact) mass is 279 g/mol. The maximum atomic E-state index is 11.4. The fourth-order valence-corrected chi connectivity index (χ4v) is 1.79. The van der Waals surface area contributed by atoms with Crippen LogP contribution in [0, 0.1) is 0 Å². The molecule has 0 aliphatic heterocycles. The summed E-state index contributed by atoms with van der Waals surface area (Å²) in [4.78, 5) is 11.4. The molecule has 0 unspecified atom stereocenters. The number of alkyl carbamates (subject to hydrolysis) is 1. The average molecular weight is 279 g/mol. The summed E-state index contributed by atoms with van der Waals surface area (Å²) >= 11 is 0. The standard InChI is InChI=1S/C11H21NO5S/c1-6-16-18(14,15)8-7-9(2)12-10(13)17-11(3,4)5/h7-9H,6H2,1-5H3,(H,12,13)/b8-7+/t9-/m1/s1. The summed E-state index contributed by atoms with van der Waals surface area (Å²) in [5, 5.41) is 3.40. The third kappa shape index (κ3) is 9.00. The summed E-state index contributed by atoms with van der Waals surface area (Å²) < 4.78 is 31.9. The van der Waals surface area contributed by atoms with E-state index in [-0.39, 0.29) is 6.61 Å². The fraction of sp³-hybridized carbons (Fsp3) is 0.727. The van der Waals surface area contributed by atoms with Gasteiger partial charge in [-0.25, -0.2) is 4.79 Å². The summed E-state index contributed by atoms with van der Waals surface area (Å²) in [7, 11) is -3.67. The predicted octanol–water partition coefficient (Wildman–Crippen LogP) is 1.78. The van der Waals surface area contributed by atoms with Crippen LogP contribution in [0.2, 0.25) is 0 Å². The molecule has 0 spiro atoms. The Morgan fingerprint density at radius 2 is 1.94 bits per heavy atom. The Hall–Kier alpha value is -1.08. The fourth-order valence-electron chi connectivity index (χ4n) is 0.959. The molecule has 1 atom stereocenters. The normalized spacial score (nSPS) is 14.5. The van der Waals surface area contributed by atoms with Crippen LogP contribution in [0.1, 0.15) is 34.6 Å². The van der Waals surface area contributed by atoms with Gasteiger partial charge >= 0.3 is 6.09 Å². The lowest BCUT2D eigenvalue weighted by molar-refractivity contribution is 0.0518. The second-order valence-corrected chi connectivity index (χ2v) is 6.16. The number of hydrogen-bond donors (Lipinski definition) is 1. The van der Waals surface area contributed by atoms with Crippen LogP contribution in [0.5, 0.6) is 0 Å². The van der Waals surface area contributed by atoms with E-state index >= 15 is 0 Å². The minimum absolute atomic E-state index is 0.0700. The van der Waals surface area contributed by atoms with Gasteiger partial charge in [0.25, 0.3) is 10.1 Å². The second kappa shape index (κ2) is 6.75. The molecule has 0 aromatic carbocycles. The maximum Gasteiger partial charge on any atom is 0.408 e. The van der Waals surface area contributed by atoms with Crippen LogP contribution in [-0.4, -0.2) is 32.8 Å². The van der Waals surface area contributed by atoms with E-state index < -0.39 is 27.9 Å². The van der Waals surface area contributed by atoms with E-state index in [9.17, 15) is 13.2 Å². The van der Waals surface area contributed by atoms with E-state index in [1.807, 2.05) is 0 Å². The minimum atomic E-state index is -3.67. The first kappa shape index (κ1) is 16.9. The number of nitrogens with one attached hydrogen (secondary N) is 1. The van der Waals surface area contributed by atoms with Crippen molar-refractivity contribution in [3.8, 4) is 0 Å². The quantitative estimate of drug-likeness (QED) is 0.776. The van der Waals surface area contributed by atoms with Gasteiger partial charge in [0.2, 0.25) is 0 Å². The molecule has 1 amide bonds. The van der Waals surface area contributed by atoms with Gasteiger partial charge in [0.05, 0.1) is 12.0 Å². The summed E-state index contributed by atoms with van der Waals surface area (Å²) in [6.07, 6.45) is 0.711. The van der Waals surface area contributed by atoms with Crippen molar-refractivity contribution in [3.63, 3.8) is 0 Å². The van der Waals surface area contributed by atoms with Crippen molar-refractivity contribution in [2.75, 3.05) is 6.61 Å². The van der Waals surface area contributed by atoms with E-state index in [1.54, 1.807) is 34.6 Å². The third-order valence-electron chi connectivity index (χ3n) is 1.56. The molecule has 0 aromatic rings. The number of ether oxygens (including phenoxy) is 1. The maximum absolute atomic E-state index is 11.4. The number of rotatable bonds is 5. The minimum Gasteiger partial charge on any atom is -0.444 e. The van der Waals surface area contributed by atoms with Crippen molar-refractivity contribution >= 4 is 16.2 Å². The van der Waals surface area contributed by atoms with Gasteiger partial charge in [-0.3, -0.25) is 4.18 Å². The van der Waals surface area contributed by atoms with Crippen molar-refractivity contribution in [1.29, 1.82) is 0 Å². The van der Waals surface area contributed by atoms with Crippen LogP contribution >= 0.6 is 0 Å². The van der Waals surface area contributed by atoms with E-state index in [0.29, 0.717) is 0 Å². The van der Waals surface area contributed by atoms with Crippen LogP contribution in [0.4, 0.5) is 4.79 Å². The first-order chi connectivity index (χ1) is 8.06. The first-order valence-electron chi connectivity index (χ1n) is 5.63. The second-order valence-electron chi connectivity index (χ2n) is 4.66. The number of carbonyl (C=O) groups excluding carboxylic acids is 1. The summed E-state index contributed by atoms with van der Waals surface area (Å²) in [5.74, 6) is 0. The molecule has 0 aliphatic rings. The first-order valence-corrected chi connectivity index (χ1v) is 7.10. The van der Waals surface area contributed by atoms with Gasteiger partial charge in [-0.15, -0.1) is 0 Å². The van der Waals surface area contributed by atoms with E-state index in [0.717, 1.165) is 5.41 Å². The summed E-state index contributed by atoms with van der Waals surface area (Å²) in [6.45, 7) is 8.50. The van der Waals surface area contributed by atoms with Crippen molar-refractivity contribution < 1.29 is 22.1 Å². The molecule has 6 nitrogen and oxygen atoms in total. The van der Waals surface area contributed by atoms with Gasteiger partial charge < -0.3 is 10.1 Å². The lowest BCUT2D eigenvalue weighted by atomic mass is 10.2. The average Bonchev–Trinajstić information content (AvgIpc) is 2.11. The molecule has 0 rings (SSSR count). The molecule has 0 saturated heterocycles. The van der Waals surface area contributed by atoms with Crippen molar-refractivity contribution in [2.45, 2.75) is 46.3 Å². The molecular formula is C11H21NO5S. The van der Waals surface area contributed by atoms with Gasteiger partial charge in [-0.2, -0.15) is 8.42 Å². The Kier molecular flexibility index (Phi) is 6.34. The SMILES string of the molecule is CCOS(=O)(=O)/C=C/[C@@H](C)NC(=O)OC(C)(C)C. The van der Waals surface area contributed by atoms with Gasteiger partial charge in [0.1, 0.15) is 5.60 Å². The molecule has 0 heterocycles. The summed E-state index contributed by atoms with van der Waals surface area (Å²) in [5.41, 5.74) is -0.592. The van der Waals surface area contributed by atoms with Crippen LogP contribution in [0.3, 0.4) is 0 Å². The number of carbonyl (C=O) groups is 1. The van der Waals surface area contributed by atoms with Crippen molar-refractivity contribution in [2.24, 2.45) is 0 Å². The lowest BCUT2D eigenvalue weighted by Gasteiger charge is -2.20. The molecule has 7 heteroatoms. The highest BCUT2D eigenvalue weighted by atomic mass is 32.2. The Balaban J connectivity index is 4.32. The van der Waals surface area contributed by atoms with E-state index in [1.165, 1.54) is 6.08 Å². The molecule has 18 heavy (non-hydrogen) atoms. The van der Waals surface area contributed by atoms with Gasteiger partial charge in [-0.1, -0.05) is 0 Å². The molecule has 0 fully saturated rings. The zero-order valence-electron chi connectivity index (χ0n) is 11.4. The van der Waals surface area contributed by atoms with Crippen LogP contribution in [0.25, 0.3) is 0 Å². The van der Waals surface area contributed by atoms with Gasteiger partial charge in [0, 0.05) is 6.04 Å². The number of hydrogen-bond acceptors (Lipinski definition) is 5. The Labute approximate surface area is 108 Å². The van der Waals surface area contributed by atoms with Crippen LogP contribution in [-0.2, 0) is 19.0 Å². The lowest BCUT2D eigenvalue weighted by Crippen LogP contribution is -2.36. The van der Waals surface area contributed by atoms with Crippen molar-refractivity contribution in [1.82, 2.24) is 5.32 Å². The molecule has 0 radical (unpaired) electrons. The largest absolute Gasteiger partial charge is 0.444 e. The van der Waals surface area contributed by atoms with Gasteiger partial charge in [-0.05, 0) is 40.7 Å². The molecule has 106 valence electrons. The van der Waals surface area contributed by atoms with Crippen molar-refractivity contribution in [3.05, 3.63) is 11.5 Å². The van der Waals surface area contributed by atoms with E-state index in [2.05, 4.69) is 9.50 Å². The highest BCUT2D eigenvalue weighted by Gasteiger charge is 2.17. The van der Waals surface area contributed by atoms with E-state index in [4.69, 9.17) is 4.74 Å². The summed E-state index contributed by atoms with van der Waals surface area (Å²) in [6, 6.07) is -0.477. The van der Waals surface area contributed by atoms with Gasteiger partial charge in [0.15, 0.2) is 0 Å². The molecule has 0 aliphatic carbocycles. The zero-order valence-corrected chi connectivity index (χ0v) is 12.2. The molecule has 0 saturated carbocycles. The topological polar surface area (TPSA) is 81.7 Å². The van der Waals surface area contributed by atoms with Crippen LogP contribution < -0.4 is 5.32 Å². The highest BCUT2D eigenvalue weighted by molar-refractivity contribution is 7.89. The number of amides is 1. The highest BCUT2D eigenvalue weighted by Crippen LogP contribution is 2.07. The Morgan fingerprint density at radius 1 is 1.39 bits per heavy atom. The third-order valence-corrected chi connectivity index (χ3v) is 2.62. The predicted molar refractivity (Wildman–Crippen MR) is 68.5 cm³/mol. The molecule has 0 aromatic heterocycles. The Morgan fingerprint density at radius 3 is 2.39 bits per heavy atom.